The average Bonchev–Trinajstić information content (AvgIpc) is 3.11. The lowest BCUT2D eigenvalue weighted by Crippen LogP contribution is -2.10. The van der Waals surface area contributed by atoms with Gasteiger partial charge in [-0.1, -0.05) is 18.2 Å². The summed E-state index contributed by atoms with van der Waals surface area (Å²) in [5.74, 6) is 0.886. The minimum atomic E-state index is 0.178. The van der Waals surface area contributed by atoms with Crippen molar-refractivity contribution in [2.24, 2.45) is 0 Å². The van der Waals surface area contributed by atoms with Crippen LogP contribution in [0.3, 0.4) is 0 Å². The van der Waals surface area contributed by atoms with Crippen LogP contribution in [0.5, 0.6) is 0 Å². The fourth-order valence-corrected chi connectivity index (χ4v) is 2.96. The van der Waals surface area contributed by atoms with Crippen molar-refractivity contribution in [3.63, 3.8) is 0 Å². The Morgan fingerprint density at radius 3 is 2.83 bits per heavy atom. The lowest BCUT2D eigenvalue weighted by Gasteiger charge is -2.19. The van der Waals surface area contributed by atoms with E-state index in [1.807, 2.05) is 12.3 Å². The number of nitrogens with zero attached hydrogens (tertiary/aromatic N) is 3. The minimum absolute atomic E-state index is 0.178. The summed E-state index contributed by atoms with van der Waals surface area (Å²) in [6, 6.07) is 8.40. The molecule has 0 saturated carbocycles. The third kappa shape index (κ3) is 3.51. The standard InChI is InChI=1S/C19H22N4O/c1-13-5-4-6-16(14(13)2)17(18-10-20-12-22-18)9-15-7-8-21-19(23-15)11-24-3/h4-8,10,12,17H,9,11H2,1-3H3,(H,20,22). The van der Waals surface area contributed by atoms with Crippen LogP contribution in [0.4, 0.5) is 0 Å². The second kappa shape index (κ2) is 7.36. The Morgan fingerprint density at radius 1 is 1.21 bits per heavy atom. The SMILES string of the molecule is COCc1nccc(CC(c2cnc[nH]2)c2cccc(C)c2C)n1. The first-order valence-corrected chi connectivity index (χ1v) is 8.03. The summed E-state index contributed by atoms with van der Waals surface area (Å²) in [6.07, 6.45) is 6.20. The van der Waals surface area contributed by atoms with E-state index in [-0.39, 0.29) is 5.92 Å². The van der Waals surface area contributed by atoms with E-state index in [1.165, 1.54) is 16.7 Å². The lowest BCUT2D eigenvalue weighted by molar-refractivity contribution is 0.177. The van der Waals surface area contributed by atoms with Crippen molar-refractivity contribution < 1.29 is 4.74 Å². The zero-order valence-corrected chi connectivity index (χ0v) is 14.3. The number of imidazole rings is 1. The Morgan fingerprint density at radius 2 is 2.08 bits per heavy atom. The smallest absolute Gasteiger partial charge is 0.154 e. The minimum Gasteiger partial charge on any atom is -0.377 e. The van der Waals surface area contributed by atoms with Gasteiger partial charge in [-0.3, -0.25) is 0 Å². The van der Waals surface area contributed by atoms with Crippen LogP contribution in [0.1, 0.15) is 39.8 Å². The zero-order chi connectivity index (χ0) is 16.9. The molecule has 1 atom stereocenters. The van der Waals surface area contributed by atoms with Gasteiger partial charge in [0.1, 0.15) is 6.61 Å². The molecule has 3 rings (SSSR count). The topological polar surface area (TPSA) is 63.7 Å². The molecule has 5 nitrogen and oxygen atoms in total. The van der Waals surface area contributed by atoms with Crippen LogP contribution >= 0.6 is 0 Å². The van der Waals surface area contributed by atoms with Gasteiger partial charge in [-0.15, -0.1) is 0 Å². The summed E-state index contributed by atoms with van der Waals surface area (Å²) < 4.78 is 5.14. The predicted octanol–water partition coefficient (Wildman–Crippen LogP) is 3.34. The van der Waals surface area contributed by atoms with Crippen molar-refractivity contribution in [2.45, 2.75) is 32.8 Å². The molecule has 3 aromatic rings. The van der Waals surface area contributed by atoms with Crippen molar-refractivity contribution >= 4 is 0 Å². The average molecular weight is 322 g/mol. The molecule has 0 aliphatic heterocycles. The molecular formula is C19H22N4O. The van der Waals surface area contributed by atoms with Crippen LogP contribution in [0.15, 0.2) is 43.0 Å². The van der Waals surface area contributed by atoms with Gasteiger partial charge in [0.2, 0.25) is 0 Å². The fourth-order valence-electron chi connectivity index (χ4n) is 2.96. The monoisotopic (exact) mass is 322 g/mol. The molecule has 2 aromatic heterocycles. The number of H-pyrrole nitrogens is 1. The lowest BCUT2D eigenvalue weighted by atomic mass is 9.87. The Labute approximate surface area is 142 Å². The summed E-state index contributed by atoms with van der Waals surface area (Å²) in [7, 11) is 1.65. The summed E-state index contributed by atoms with van der Waals surface area (Å²) in [5, 5.41) is 0. The molecule has 0 aliphatic carbocycles. The third-order valence-electron chi connectivity index (χ3n) is 4.37. The Balaban J connectivity index is 1.97. The molecule has 1 unspecified atom stereocenters. The second-order valence-electron chi connectivity index (χ2n) is 5.95. The highest BCUT2D eigenvalue weighted by atomic mass is 16.5. The number of aromatic nitrogens is 4. The number of nitrogens with one attached hydrogen (secondary N) is 1. The maximum Gasteiger partial charge on any atom is 0.154 e. The van der Waals surface area contributed by atoms with E-state index in [2.05, 4.69) is 52.0 Å². The van der Waals surface area contributed by atoms with Gasteiger partial charge in [0.25, 0.3) is 0 Å². The second-order valence-corrected chi connectivity index (χ2v) is 5.95. The maximum atomic E-state index is 5.14. The van der Waals surface area contributed by atoms with Crippen LogP contribution in [-0.4, -0.2) is 27.0 Å². The van der Waals surface area contributed by atoms with Crippen LogP contribution < -0.4 is 0 Å². The third-order valence-corrected chi connectivity index (χ3v) is 4.37. The number of hydrogen-bond donors (Lipinski definition) is 1. The highest BCUT2D eigenvalue weighted by molar-refractivity contribution is 5.40. The van der Waals surface area contributed by atoms with Crippen LogP contribution in [-0.2, 0) is 17.8 Å². The van der Waals surface area contributed by atoms with Crippen LogP contribution in [0.25, 0.3) is 0 Å². The number of aromatic amines is 1. The van der Waals surface area contributed by atoms with Gasteiger partial charge in [0, 0.05) is 43.2 Å². The van der Waals surface area contributed by atoms with Crippen molar-refractivity contribution in [2.75, 3.05) is 7.11 Å². The van der Waals surface area contributed by atoms with E-state index in [0.29, 0.717) is 12.4 Å². The molecule has 0 saturated heterocycles. The number of benzene rings is 1. The highest BCUT2D eigenvalue weighted by Gasteiger charge is 2.20. The summed E-state index contributed by atoms with van der Waals surface area (Å²) >= 11 is 0. The number of aryl methyl sites for hydroxylation is 1. The molecule has 0 radical (unpaired) electrons. The van der Waals surface area contributed by atoms with Gasteiger partial charge >= 0.3 is 0 Å². The van der Waals surface area contributed by atoms with E-state index in [1.54, 1.807) is 19.6 Å². The molecule has 124 valence electrons. The molecule has 0 fully saturated rings. The quantitative estimate of drug-likeness (QED) is 0.756. The Hall–Kier alpha value is -2.53. The molecule has 5 heteroatoms. The number of rotatable bonds is 6. The molecule has 0 bridgehead atoms. The molecular weight excluding hydrogens is 300 g/mol. The molecule has 0 aliphatic rings. The first-order chi connectivity index (χ1) is 11.7. The molecule has 1 N–H and O–H groups in total. The number of methoxy groups -OCH3 is 1. The van der Waals surface area contributed by atoms with Crippen LogP contribution in [0, 0.1) is 13.8 Å². The maximum absolute atomic E-state index is 5.14. The molecule has 24 heavy (non-hydrogen) atoms. The van der Waals surface area contributed by atoms with E-state index >= 15 is 0 Å². The normalized spacial score (nSPS) is 12.3. The van der Waals surface area contributed by atoms with Crippen molar-refractivity contribution in [3.05, 3.63) is 76.9 Å². The predicted molar refractivity (Wildman–Crippen MR) is 92.8 cm³/mol. The van der Waals surface area contributed by atoms with Gasteiger partial charge in [0.05, 0.1) is 6.33 Å². The first kappa shape index (κ1) is 16.3. The van der Waals surface area contributed by atoms with Gasteiger partial charge in [0.15, 0.2) is 5.82 Å². The van der Waals surface area contributed by atoms with Gasteiger partial charge in [-0.05, 0) is 36.6 Å². The largest absolute Gasteiger partial charge is 0.377 e. The Kier molecular flexibility index (Phi) is 5.01. The molecule has 1 aromatic carbocycles. The van der Waals surface area contributed by atoms with Crippen molar-refractivity contribution in [3.8, 4) is 0 Å². The van der Waals surface area contributed by atoms with Gasteiger partial charge in [-0.2, -0.15) is 0 Å². The van der Waals surface area contributed by atoms with Gasteiger partial charge < -0.3 is 9.72 Å². The van der Waals surface area contributed by atoms with Gasteiger partial charge in [-0.25, -0.2) is 15.0 Å². The molecule has 0 spiro atoms. The number of hydrogen-bond acceptors (Lipinski definition) is 4. The van der Waals surface area contributed by atoms with E-state index in [9.17, 15) is 0 Å². The number of ether oxygens (including phenoxy) is 1. The first-order valence-electron chi connectivity index (χ1n) is 8.03. The van der Waals surface area contributed by atoms with Crippen molar-refractivity contribution in [1.82, 2.24) is 19.9 Å². The fraction of sp³-hybridized carbons (Fsp3) is 0.316. The van der Waals surface area contributed by atoms with Crippen molar-refractivity contribution in [1.29, 1.82) is 0 Å². The molecule has 0 amide bonds. The van der Waals surface area contributed by atoms with E-state index in [0.717, 1.165) is 17.8 Å². The summed E-state index contributed by atoms with van der Waals surface area (Å²) in [4.78, 5) is 16.3. The summed E-state index contributed by atoms with van der Waals surface area (Å²) in [5.41, 5.74) is 5.99. The van der Waals surface area contributed by atoms with E-state index < -0.39 is 0 Å². The molecule has 2 heterocycles. The highest BCUT2D eigenvalue weighted by Crippen LogP contribution is 2.30. The Bertz CT molecular complexity index is 799. The summed E-state index contributed by atoms with van der Waals surface area (Å²) in [6.45, 7) is 4.74. The van der Waals surface area contributed by atoms with E-state index in [4.69, 9.17) is 4.74 Å². The zero-order valence-electron chi connectivity index (χ0n) is 14.3. The van der Waals surface area contributed by atoms with Crippen LogP contribution in [0.2, 0.25) is 0 Å².